The van der Waals surface area contributed by atoms with Crippen LogP contribution in [-0.2, 0) is 33.4 Å². The van der Waals surface area contributed by atoms with Crippen molar-refractivity contribution in [1.82, 2.24) is 0 Å². The number of Topliss-reactive ketones (excluding diaryl/α,β-unsaturated/α-hetero) is 3. The van der Waals surface area contributed by atoms with Crippen molar-refractivity contribution in [3.05, 3.63) is 0 Å². The van der Waals surface area contributed by atoms with Gasteiger partial charge in [-0.25, -0.2) is 0 Å². The molecule has 1 aliphatic rings. The van der Waals surface area contributed by atoms with E-state index in [9.17, 15) is 24.0 Å². The van der Waals surface area contributed by atoms with Gasteiger partial charge in [0.2, 0.25) is 0 Å². The Balaban J connectivity index is 2.57. The first-order valence-electron chi connectivity index (χ1n) is 9.91. The van der Waals surface area contributed by atoms with Gasteiger partial charge in [0.15, 0.2) is 17.5 Å². The number of carbonyl (C=O) groups is 5. The lowest BCUT2D eigenvalue weighted by molar-refractivity contribution is -0.154. The fraction of sp³-hybridized carbons (Fsp3) is 0.762. The summed E-state index contributed by atoms with van der Waals surface area (Å²) in [6.07, 6.45) is 2.99. The molecule has 0 aliphatic heterocycles. The quantitative estimate of drug-likeness (QED) is 0.391. The van der Waals surface area contributed by atoms with Gasteiger partial charge in [0.1, 0.15) is 5.78 Å². The molecule has 0 aromatic rings. The molecular formula is C21H32O7. The van der Waals surface area contributed by atoms with Crippen LogP contribution in [0.2, 0.25) is 0 Å². The molecule has 7 heteroatoms. The van der Waals surface area contributed by atoms with E-state index >= 15 is 0 Å². The molecule has 0 spiro atoms. The Hall–Kier alpha value is -2.05. The number of ether oxygens (including phenoxy) is 2. The van der Waals surface area contributed by atoms with Crippen LogP contribution in [0.5, 0.6) is 0 Å². The van der Waals surface area contributed by atoms with E-state index in [2.05, 4.69) is 23.3 Å². The Labute approximate surface area is 166 Å². The van der Waals surface area contributed by atoms with Gasteiger partial charge >= 0.3 is 11.9 Å². The molecule has 0 amide bonds. The zero-order valence-corrected chi connectivity index (χ0v) is 17.3. The smallest absolute Gasteiger partial charge is 0.323 e. The maximum absolute atomic E-state index is 12.4. The van der Waals surface area contributed by atoms with E-state index in [1.54, 1.807) is 0 Å². The third-order valence-corrected chi connectivity index (χ3v) is 5.63. The molecule has 1 rings (SSSR count). The van der Waals surface area contributed by atoms with Crippen LogP contribution < -0.4 is 0 Å². The molecule has 1 fully saturated rings. The van der Waals surface area contributed by atoms with Crippen LogP contribution in [0.25, 0.3) is 0 Å². The minimum absolute atomic E-state index is 0.00931. The highest BCUT2D eigenvalue weighted by atomic mass is 16.5. The molecule has 1 aliphatic carbocycles. The molecule has 0 aromatic heterocycles. The van der Waals surface area contributed by atoms with E-state index in [1.807, 2.05) is 0 Å². The fourth-order valence-corrected chi connectivity index (χ4v) is 3.86. The predicted molar refractivity (Wildman–Crippen MR) is 101 cm³/mol. The summed E-state index contributed by atoms with van der Waals surface area (Å²) in [6, 6.07) is 0. The number of ketones is 3. The zero-order valence-electron chi connectivity index (χ0n) is 17.3. The first-order valence-corrected chi connectivity index (χ1v) is 9.91. The summed E-state index contributed by atoms with van der Waals surface area (Å²) in [4.78, 5) is 60.0. The summed E-state index contributed by atoms with van der Waals surface area (Å²) < 4.78 is 9.02. The highest BCUT2D eigenvalue weighted by Crippen LogP contribution is 2.35. The minimum atomic E-state index is -1.59. The topological polar surface area (TPSA) is 104 Å². The highest BCUT2D eigenvalue weighted by molar-refractivity contribution is 6.17. The van der Waals surface area contributed by atoms with Crippen molar-refractivity contribution >= 4 is 29.3 Å². The molecule has 158 valence electrons. The second kappa shape index (κ2) is 11.7. The summed E-state index contributed by atoms with van der Waals surface area (Å²) in [5, 5.41) is 0. The first kappa shape index (κ1) is 24.0. The van der Waals surface area contributed by atoms with Gasteiger partial charge in [-0.3, -0.25) is 24.0 Å². The van der Waals surface area contributed by atoms with Crippen LogP contribution in [0.4, 0.5) is 0 Å². The van der Waals surface area contributed by atoms with E-state index in [4.69, 9.17) is 0 Å². The lowest BCUT2D eigenvalue weighted by Crippen LogP contribution is -2.33. The maximum atomic E-state index is 12.4. The second-order valence-corrected chi connectivity index (χ2v) is 7.86. The zero-order chi connectivity index (χ0) is 21.3. The average molecular weight is 396 g/mol. The summed E-state index contributed by atoms with van der Waals surface area (Å²) in [7, 11) is 2.28. The van der Waals surface area contributed by atoms with Gasteiger partial charge in [-0.15, -0.1) is 0 Å². The largest absolute Gasteiger partial charge is 0.469 e. The third kappa shape index (κ3) is 7.52. The number of methoxy groups -OCH3 is 2. The molecule has 4 atom stereocenters. The van der Waals surface area contributed by atoms with Gasteiger partial charge in [-0.1, -0.05) is 20.3 Å². The van der Waals surface area contributed by atoms with Crippen molar-refractivity contribution < 1.29 is 33.4 Å². The summed E-state index contributed by atoms with van der Waals surface area (Å²) in [5.41, 5.74) is 0. The van der Waals surface area contributed by atoms with Crippen molar-refractivity contribution in [2.75, 3.05) is 14.2 Å². The van der Waals surface area contributed by atoms with E-state index in [0.29, 0.717) is 24.2 Å². The normalized spacial score (nSPS) is 22.8. The Bertz CT molecular complexity index is 596. The molecule has 0 N–H and O–H groups in total. The van der Waals surface area contributed by atoms with Crippen LogP contribution in [0.3, 0.4) is 0 Å². The van der Waals surface area contributed by atoms with Crippen LogP contribution in [0.15, 0.2) is 0 Å². The Morgan fingerprint density at radius 2 is 1.46 bits per heavy atom. The average Bonchev–Trinajstić information content (AvgIpc) is 2.66. The van der Waals surface area contributed by atoms with Crippen LogP contribution in [-0.4, -0.2) is 43.5 Å². The molecule has 0 saturated heterocycles. The fourth-order valence-electron chi connectivity index (χ4n) is 3.86. The standard InChI is InChI=1S/C21H32O7/c1-13-5-6-15(14(2)11-13)12-16(22)7-8-17(23)20(21(26)28-4)18(24)9-10-19(25)27-3/h13-15,20H,5-12H2,1-4H3. The molecule has 1 saturated carbocycles. The molecule has 4 unspecified atom stereocenters. The van der Waals surface area contributed by atoms with Crippen LogP contribution >= 0.6 is 0 Å². The number of hydrogen-bond acceptors (Lipinski definition) is 7. The van der Waals surface area contributed by atoms with Crippen molar-refractivity contribution in [1.29, 1.82) is 0 Å². The van der Waals surface area contributed by atoms with Gasteiger partial charge in [0, 0.05) is 25.7 Å². The van der Waals surface area contributed by atoms with Crippen molar-refractivity contribution in [2.45, 2.75) is 65.2 Å². The SMILES string of the molecule is COC(=O)CCC(=O)C(C(=O)CCC(=O)CC1CCC(C)CC1C)C(=O)OC. The van der Waals surface area contributed by atoms with Crippen molar-refractivity contribution in [3.63, 3.8) is 0 Å². The van der Waals surface area contributed by atoms with E-state index < -0.39 is 29.4 Å². The van der Waals surface area contributed by atoms with Gasteiger partial charge in [-0.05, 0) is 30.6 Å². The predicted octanol–water partition coefficient (Wildman–Crippen LogP) is 2.68. The molecule has 7 nitrogen and oxygen atoms in total. The molecule has 0 aromatic carbocycles. The number of hydrogen-bond donors (Lipinski definition) is 0. The second-order valence-electron chi connectivity index (χ2n) is 7.86. The van der Waals surface area contributed by atoms with Crippen LogP contribution in [0, 0.1) is 23.7 Å². The lowest BCUT2D eigenvalue weighted by Gasteiger charge is -2.32. The summed E-state index contributed by atoms with van der Waals surface area (Å²) in [6.45, 7) is 4.38. The third-order valence-electron chi connectivity index (χ3n) is 5.63. The highest BCUT2D eigenvalue weighted by Gasteiger charge is 2.35. The maximum Gasteiger partial charge on any atom is 0.323 e. The molecular weight excluding hydrogens is 364 g/mol. The minimum Gasteiger partial charge on any atom is -0.469 e. The van der Waals surface area contributed by atoms with Crippen LogP contribution in [0.1, 0.15) is 65.2 Å². The van der Waals surface area contributed by atoms with Crippen molar-refractivity contribution in [2.24, 2.45) is 23.7 Å². The molecule has 0 heterocycles. The van der Waals surface area contributed by atoms with Gasteiger partial charge in [-0.2, -0.15) is 0 Å². The van der Waals surface area contributed by atoms with Gasteiger partial charge in [0.25, 0.3) is 0 Å². The van der Waals surface area contributed by atoms with Crippen molar-refractivity contribution in [3.8, 4) is 0 Å². The van der Waals surface area contributed by atoms with E-state index in [1.165, 1.54) is 7.11 Å². The number of esters is 2. The Morgan fingerprint density at radius 1 is 0.857 bits per heavy atom. The first-order chi connectivity index (χ1) is 13.2. The molecule has 0 radical (unpaired) electrons. The van der Waals surface area contributed by atoms with E-state index in [0.717, 1.165) is 26.4 Å². The number of carbonyl (C=O) groups excluding carboxylic acids is 5. The molecule has 0 bridgehead atoms. The Morgan fingerprint density at radius 3 is 2.00 bits per heavy atom. The Kier molecular flexibility index (Phi) is 10.0. The van der Waals surface area contributed by atoms with Gasteiger partial charge in [0.05, 0.1) is 20.6 Å². The molecule has 28 heavy (non-hydrogen) atoms. The monoisotopic (exact) mass is 396 g/mol. The van der Waals surface area contributed by atoms with Gasteiger partial charge < -0.3 is 9.47 Å². The summed E-state index contributed by atoms with van der Waals surface area (Å²) >= 11 is 0. The lowest BCUT2D eigenvalue weighted by atomic mass is 9.73. The summed E-state index contributed by atoms with van der Waals surface area (Å²) in [5.74, 6) is -3.01. The number of rotatable bonds is 11. The van der Waals surface area contributed by atoms with E-state index in [-0.39, 0.29) is 31.5 Å².